The fourth-order valence-corrected chi connectivity index (χ4v) is 4.45. The molecule has 0 aliphatic carbocycles. The van der Waals surface area contributed by atoms with Crippen LogP contribution in [0.2, 0.25) is 0 Å². The number of carbonyl (C=O) groups excluding carboxylic acids is 1. The number of H-pyrrole nitrogens is 1. The summed E-state index contributed by atoms with van der Waals surface area (Å²) in [5.74, 6) is 0.587. The van der Waals surface area contributed by atoms with E-state index in [9.17, 15) is 9.59 Å². The summed E-state index contributed by atoms with van der Waals surface area (Å²) in [5, 5.41) is 3.96. The Morgan fingerprint density at radius 3 is 2.66 bits per heavy atom. The van der Waals surface area contributed by atoms with Gasteiger partial charge in [0.25, 0.3) is 5.56 Å². The number of carbonyl (C=O) groups is 1. The van der Waals surface area contributed by atoms with Gasteiger partial charge in [-0.15, -0.1) is 0 Å². The molecule has 1 saturated heterocycles. The van der Waals surface area contributed by atoms with E-state index < -0.39 is 0 Å². The Balaban J connectivity index is 1.56. The number of nitrogens with one attached hydrogen (secondary N) is 2. The molecule has 0 spiro atoms. The first-order valence-corrected chi connectivity index (χ1v) is 12.1. The van der Waals surface area contributed by atoms with Crippen molar-refractivity contribution in [3.63, 3.8) is 0 Å². The number of urea groups is 1. The van der Waals surface area contributed by atoms with Crippen molar-refractivity contribution in [3.8, 4) is 5.75 Å². The Bertz CT molecular complexity index is 1230. The predicted octanol–water partition coefficient (Wildman–Crippen LogP) is 3.91. The van der Waals surface area contributed by atoms with Gasteiger partial charge in [0.2, 0.25) is 0 Å². The maximum absolute atomic E-state index is 13.4. The van der Waals surface area contributed by atoms with E-state index in [1.165, 1.54) is 0 Å². The van der Waals surface area contributed by atoms with Crippen LogP contribution in [0, 0.1) is 13.8 Å². The van der Waals surface area contributed by atoms with Crippen LogP contribution in [0.5, 0.6) is 5.75 Å². The fraction of sp³-hybridized carbons (Fsp3) is 0.407. The summed E-state index contributed by atoms with van der Waals surface area (Å²) in [6.07, 6.45) is 0.795. The molecule has 1 aliphatic heterocycles. The van der Waals surface area contributed by atoms with E-state index in [1.54, 1.807) is 24.1 Å². The molecular formula is C27H34N4O4. The Morgan fingerprint density at radius 1 is 1.14 bits per heavy atom. The van der Waals surface area contributed by atoms with E-state index in [0.29, 0.717) is 23.5 Å². The largest absolute Gasteiger partial charge is 0.495 e. The van der Waals surface area contributed by atoms with Crippen LogP contribution in [0.1, 0.15) is 23.1 Å². The van der Waals surface area contributed by atoms with Crippen molar-refractivity contribution >= 4 is 22.6 Å². The third-order valence-corrected chi connectivity index (χ3v) is 6.52. The lowest BCUT2D eigenvalue weighted by atomic mass is 10.0. The molecule has 8 nitrogen and oxygen atoms in total. The minimum atomic E-state index is -0.267. The number of hydrogen-bond donors (Lipinski definition) is 2. The van der Waals surface area contributed by atoms with Gasteiger partial charge in [0.15, 0.2) is 0 Å². The van der Waals surface area contributed by atoms with Crippen molar-refractivity contribution < 1.29 is 14.3 Å². The number of aromatic nitrogens is 1. The molecule has 2 heterocycles. The van der Waals surface area contributed by atoms with Crippen molar-refractivity contribution in [3.05, 3.63) is 69.5 Å². The summed E-state index contributed by atoms with van der Waals surface area (Å²) in [5.41, 5.74) is 3.93. The number of pyridine rings is 1. The number of aromatic amines is 1. The van der Waals surface area contributed by atoms with Crippen LogP contribution in [0.3, 0.4) is 0 Å². The fourth-order valence-electron chi connectivity index (χ4n) is 4.45. The minimum Gasteiger partial charge on any atom is -0.495 e. The molecule has 4 rings (SSSR count). The van der Waals surface area contributed by atoms with Gasteiger partial charge in [-0.2, -0.15) is 0 Å². The van der Waals surface area contributed by atoms with Gasteiger partial charge in [-0.05, 0) is 49.6 Å². The molecular weight excluding hydrogens is 444 g/mol. The lowest BCUT2D eigenvalue weighted by molar-refractivity contribution is 0.0365. The standard InChI is InChI=1S/C27H34N4O4/c1-19-9-10-20(2)25-22(19)17-21(26(32)29-25)18-31(12-6-11-30-13-15-35-16-14-30)27(33)28-23-7-4-5-8-24(23)34-3/h4-5,7-10,17H,6,11-16,18H2,1-3H3,(H,28,33)(H,29,32). The van der Waals surface area contributed by atoms with Gasteiger partial charge in [0.1, 0.15) is 5.75 Å². The van der Waals surface area contributed by atoms with E-state index in [0.717, 1.165) is 61.3 Å². The lowest BCUT2D eigenvalue weighted by Gasteiger charge is -2.28. The zero-order valence-electron chi connectivity index (χ0n) is 20.7. The number of morpholine rings is 1. The van der Waals surface area contributed by atoms with Crippen LogP contribution < -0.4 is 15.6 Å². The third-order valence-electron chi connectivity index (χ3n) is 6.52. The molecule has 2 aromatic carbocycles. The molecule has 3 aromatic rings. The number of rotatable bonds is 8. The van der Waals surface area contributed by atoms with Gasteiger partial charge in [0.05, 0.1) is 38.1 Å². The van der Waals surface area contributed by atoms with Crippen molar-refractivity contribution in [1.29, 1.82) is 0 Å². The van der Waals surface area contributed by atoms with Crippen LogP contribution in [-0.2, 0) is 11.3 Å². The average Bonchev–Trinajstić information content (AvgIpc) is 2.87. The van der Waals surface area contributed by atoms with Gasteiger partial charge in [-0.1, -0.05) is 24.3 Å². The minimum absolute atomic E-state index is 0.172. The number of ether oxygens (including phenoxy) is 2. The van der Waals surface area contributed by atoms with Crippen molar-refractivity contribution in [2.45, 2.75) is 26.8 Å². The van der Waals surface area contributed by atoms with Gasteiger partial charge in [0, 0.05) is 37.1 Å². The highest BCUT2D eigenvalue weighted by Crippen LogP contribution is 2.24. The highest BCUT2D eigenvalue weighted by Gasteiger charge is 2.19. The number of aryl methyl sites for hydroxylation is 2. The Morgan fingerprint density at radius 2 is 1.89 bits per heavy atom. The number of hydrogen-bond acceptors (Lipinski definition) is 5. The van der Waals surface area contributed by atoms with Crippen molar-refractivity contribution in [2.24, 2.45) is 0 Å². The second-order valence-electron chi connectivity index (χ2n) is 8.97. The molecule has 1 aromatic heterocycles. The SMILES string of the molecule is COc1ccccc1NC(=O)N(CCCN1CCOCC1)Cc1cc2c(C)ccc(C)c2[nH]c1=O. The van der Waals surface area contributed by atoms with Crippen LogP contribution in [0.4, 0.5) is 10.5 Å². The molecule has 0 radical (unpaired) electrons. The summed E-state index contributed by atoms with van der Waals surface area (Å²) in [7, 11) is 1.57. The first-order chi connectivity index (χ1) is 17.0. The molecule has 0 unspecified atom stereocenters. The normalized spacial score (nSPS) is 14.1. The number of fused-ring (bicyclic) bond motifs is 1. The summed E-state index contributed by atoms with van der Waals surface area (Å²) < 4.78 is 10.8. The zero-order valence-corrected chi connectivity index (χ0v) is 20.7. The molecule has 186 valence electrons. The summed E-state index contributed by atoms with van der Waals surface area (Å²) in [6, 6.07) is 13.0. The predicted molar refractivity (Wildman–Crippen MR) is 138 cm³/mol. The number of methoxy groups -OCH3 is 1. The second-order valence-corrected chi connectivity index (χ2v) is 8.97. The van der Waals surface area contributed by atoms with Crippen molar-refractivity contribution in [2.75, 3.05) is 51.8 Å². The van der Waals surface area contributed by atoms with Gasteiger partial charge >= 0.3 is 6.03 Å². The molecule has 8 heteroatoms. The maximum Gasteiger partial charge on any atom is 0.322 e. The van der Waals surface area contributed by atoms with Crippen molar-refractivity contribution in [1.82, 2.24) is 14.8 Å². The monoisotopic (exact) mass is 478 g/mol. The number of amides is 2. The first kappa shape index (κ1) is 24.8. The van der Waals surface area contributed by atoms with Crippen LogP contribution >= 0.6 is 0 Å². The molecule has 0 atom stereocenters. The van der Waals surface area contributed by atoms with Crippen LogP contribution in [0.25, 0.3) is 10.9 Å². The van der Waals surface area contributed by atoms with Gasteiger partial charge < -0.3 is 24.7 Å². The van der Waals surface area contributed by atoms with E-state index in [-0.39, 0.29) is 18.1 Å². The highest BCUT2D eigenvalue weighted by molar-refractivity contribution is 5.91. The number of nitrogens with zero attached hydrogens (tertiary/aromatic N) is 2. The third kappa shape index (κ3) is 6.01. The Labute approximate surface area is 205 Å². The smallest absolute Gasteiger partial charge is 0.322 e. The number of benzene rings is 2. The van der Waals surface area contributed by atoms with E-state index in [1.807, 2.05) is 44.2 Å². The zero-order chi connectivity index (χ0) is 24.8. The Kier molecular flexibility index (Phi) is 8.05. The van der Waals surface area contributed by atoms with Crippen LogP contribution in [-0.4, -0.2) is 67.3 Å². The number of anilines is 1. The number of para-hydroxylation sites is 2. The molecule has 35 heavy (non-hydrogen) atoms. The molecule has 2 amide bonds. The highest BCUT2D eigenvalue weighted by atomic mass is 16.5. The van der Waals surface area contributed by atoms with E-state index >= 15 is 0 Å². The molecule has 1 aliphatic rings. The van der Waals surface area contributed by atoms with E-state index in [4.69, 9.17) is 9.47 Å². The Hall–Kier alpha value is -3.36. The summed E-state index contributed by atoms with van der Waals surface area (Å²) in [6.45, 7) is 8.88. The molecule has 0 saturated carbocycles. The molecule has 1 fully saturated rings. The van der Waals surface area contributed by atoms with Gasteiger partial charge in [-0.25, -0.2) is 4.79 Å². The van der Waals surface area contributed by atoms with Gasteiger partial charge in [-0.3, -0.25) is 9.69 Å². The summed E-state index contributed by atoms with van der Waals surface area (Å²) >= 11 is 0. The first-order valence-electron chi connectivity index (χ1n) is 12.1. The van der Waals surface area contributed by atoms with Crippen LogP contribution in [0.15, 0.2) is 47.3 Å². The maximum atomic E-state index is 13.4. The summed E-state index contributed by atoms with van der Waals surface area (Å²) in [4.78, 5) is 33.4. The average molecular weight is 479 g/mol. The topological polar surface area (TPSA) is 86.9 Å². The van der Waals surface area contributed by atoms with E-state index in [2.05, 4.69) is 15.2 Å². The lowest BCUT2D eigenvalue weighted by Crippen LogP contribution is -2.40. The quantitative estimate of drug-likeness (QED) is 0.513. The molecule has 2 N–H and O–H groups in total. The second kappa shape index (κ2) is 11.4. The molecule has 0 bridgehead atoms.